The number of hydrogen-bond donors (Lipinski definition) is 1. The lowest BCUT2D eigenvalue weighted by molar-refractivity contribution is -0.135. The van der Waals surface area contributed by atoms with E-state index in [1.54, 1.807) is 22.5 Å². The molecule has 3 aromatic rings. The van der Waals surface area contributed by atoms with E-state index in [0.717, 1.165) is 27.6 Å². The monoisotopic (exact) mass is 381 g/mol. The van der Waals surface area contributed by atoms with E-state index in [2.05, 4.69) is 0 Å². The highest BCUT2D eigenvalue weighted by Crippen LogP contribution is 2.46. The average Bonchev–Trinajstić information content (AvgIpc) is 3.24. The quantitative estimate of drug-likeness (QED) is 0.717. The van der Waals surface area contributed by atoms with Crippen LogP contribution in [0.15, 0.2) is 28.9 Å². The zero-order valence-corrected chi connectivity index (χ0v) is 14.8. The molecule has 1 aliphatic heterocycles. The summed E-state index contributed by atoms with van der Waals surface area (Å²) in [5.74, 6) is 0.449. The van der Waals surface area contributed by atoms with Crippen molar-refractivity contribution in [3.8, 4) is 11.3 Å². The van der Waals surface area contributed by atoms with E-state index in [1.807, 2.05) is 18.2 Å². The molecule has 1 amide bonds. The second-order valence-corrected chi connectivity index (χ2v) is 7.52. The first kappa shape index (κ1) is 16.0. The molecule has 4 nitrogen and oxygen atoms in total. The van der Waals surface area contributed by atoms with E-state index in [9.17, 15) is 4.79 Å². The van der Waals surface area contributed by atoms with Crippen LogP contribution >= 0.6 is 34.5 Å². The molecule has 0 fully saturated rings. The standard InChI is InChI=1S/C17H13Cl2NO3S/c18-11-6-9(12-2-1-5-23-12)15-10-7-20(14(22)8-21)4-3-13(10)24-17(15)16(11)19/h1-2,5-6,21H,3-4,7-8H2. The van der Waals surface area contributed by atoms with Crippen molar-refractivity contribution in [1.82, 2.24) is 4.90 Å². The summed E-state index contributed by atoms with van der Waals surface area (Å²) in [4.78, 5) is 14.8. The van der Waals surface area contributed by atoms with Crippen molar-refractivity contribution in [2.45, 2.75) is 13.0 Å². The fourth-order valence-corrected chi connectivity index (χ4v) is 4.93. The Balaban J connectivity index is 1.96. The molecule has 7 heteroatoms. The van der Waals surface area contributed by atoms with E-state index >= 15 is 0 Å². The maximum absolute atomic E-state index is 11.9. The van der Waals surface area contributed by atoms with E-state index in [1.165, 1.54) is 4.88 Å². The number of nitrogens with zero attached hydrogens (tertiary/aromatic N) is 1. The summed E-state index contributed by atoms with van der Waals surface area (Å²) in [7, 11) is 0. The molecule has 0 unspecified atom stereocenters. The number of carbonyl (C=O) groups is 1. The van der Waals surface area contributed by atoms with Crippen molar-refractivity contribution in [2.75, 3.05) is 13.2 Å². The summed E-state index contributed by atoms with van der Waals surface area (Å²) in [5.41, 5.74) is 1.94. The summed E-state index contributed by atoms with van der Waals surface area (Å²) in [5, 5.41) is 11.1. The topological polar surface area (TPSA) is 53.7 Å². The first-order valence-electron chi connectivity index (χ1n) is 7.45. The zero-order valence-electron chi connectivity index (χ0n) is 12.5. The van der Waals surface area contributed by atoms with Crippen LogP contribution in [0.4, 0.5) is 0 Å². The summed E-state index contributed by atoms with van der Waals surface area (Å²) < 4.78 is 6.48. The summed E-state index contributed by atoms with van der Waals surface area (Å²) in [6, 6.07) is 5.51. The van der Waals surface area contributed by atoms with Crippen molar-refractivity contribution in [2.24, 2.45) is 0 Å². The van der Waals surface area contributed by atoms with Crippen LogP contribution in [-0.4, -0.2) is 29.1 Å². The fourth-order valence-electron chi connectivity index (χ4n) is 3.14. The predicted octanol–water partition coefficient (Wildman–Crippen LogP) is 4.35. The number of furan rings is 1. The van der Waals surface area contributed by atoms with Crippen LogP contribution in [0.25, 0.3) is 21.4 Å². The minimum absolute atomic E-state index is 0.264. The van der Waals surface area contributed by atoms with Gasteiger partial charge in [0.2, 0.25) is 5.91 Å². The fraction of sp³-hybridized carbons (Fsp3) is 0.235. The summed E-state index contributed by atoms with van der Waals surface area (Å²) in [6.45, 7) is 0.579. The molecule has 1 N–H and O–H groups in total. The van der Waals surface area contributed by atoms with Crippen LogP contribution < -0.4 is 0 Å². The maximum atomic E-state index is 11.9. The zero-order chi connectivity index (χ0) is 16.8. The molecule has 124 valence electrons. The van der Waals surface area contributed by atoms with Crippen LogP contribution in [0.5, 0.6) is 0 Å². The highest BCUT2D eigenvalue weighted by Gasteiger charge is 2.27. The molecule has 0 atom stereocenters. The van der Waals surface area contributed by atoms with E-state index < -0.39 is 6.61 Å². The Morgan fingerprint density at radius 1 is 1.42 bits per heavy atom. The molecule has 0 saturated carbocycles. The maximum Gasteiger partial charge on any atom is 0.248 e. The molecule has 4 rings (SSSR count). The second-order valence-electron chi connectivity index (χ2n) is 5.63. The number of rotatable bonds is 2. The molecule has 1 aromatic carbocycles. The van der Waals surface area contributed by atoms with Gasteiger partial charge in [-0.25, -0.2) is 0 Å². The largest absolute Gasteiger partial charge is 0.464 e. The lowest BCUT2D eigenvalue weighted by Gasteiger charge is -2.26. The second kappa shape index (κ2) is 6.08. The van der Waals surface area contributed by atoms with Gasteiger partial charge in [0.15, 0.2) is 0 Å². The Morgan fingerprint density at radius 2 is 2.25 bits per heavy atom. The molecule has 24 heavy (non-hydrogen) atoms. The van der Waals surface area contributed by atoms with Gasteiger partial charge in [0, 0.05) is 28.9 Å². The minimum Gasteiger partial charge on any atom is -0.464 e. The van der Waals surface area contributed by atoms with Crippen LogP contribution in [0.1, 0.15) is 10.4 Å². The first-order valence-corrected chi connectivity index (χ1v) is 9.02. The van der Waals surface area contributed by atoms with Gasteiger partial charge >= 0.3 is 0 Å². The Kier molecular flexibility index (Phi) is 4.04. The summed E-state index contributed by atoms with van der Waals surface area (Å²) in [6.07, 6.45) is 2.36. The van der Waals surface area contributed by atoms with Gasteiger partial charge < -0.3 is 14.4 Å². The third-order valence-electron chi connectivity index (χ3n) is 4.27. The molecular formula is C17H13Cl2NO3S. The molecule has 3 heterocycles. The lowest BCUT2D eigenvalue weighted by atomic mass is 9.99. The highest BCUT2D eigenvalue weighted by atomic mass is 35.5. The molecule has 0 saturated heterocycles. The number of thiophene rings is 1. The minimum atomic E-state index is -0.477. The van der Waals surface area contributed by atoms with Gasteiger partial charge in [-0.15, -0.1) is 11.3 Å². The van der Waals surface area contributed by atoms with Crippen molar-refractivity contribution >= 4 is 50.5 Å². The van der Waals surface area contributed by atoms with Crippen LogP contribution in [0, 0.1) is 0 Å². The van der Waals surface area contributed by atoms with Gasteiger partial charge in [-0.1, -0.05) is 23.2 Å². The number of amides is 1. The Bertz CT molecular complexity index is 933. The molecule has 2 aromatic heterocycles. The third-order valence-corrected chi connectivity index (χ3v) is 6.48. The van der Waals surface area contributed by atoms with Gasteiger partial charge in [0.05, 0.1) is 21.0 Å². The Labute approximate surface area is 152 Å². The molecule has 0 spiro atoms. The number of carbonyl (C=O) groups excluding carboxylic acids is 1. The van der Waals surface area contributed by atoms with Gasteiger partial charge in [-0.3, -0.25) is 4.79 Å². The van der Waals surface area contributed by atoms with Crippen LogP contribution in [0.2, 0.25) is 10.0 Å². The van der Waals surface area contributed by atoms with Crippen molar-refractivity contribution in [3.63, 3.8) is 0 Å². The Hall–Kier alpha value is -1.53. The van der Waals surface area contributed by atoms with Crippen LogP contribution in [0.3, 0.4) is 0 Å². The van der Waals surface area contributed by atoms with E-state index in [-0.39, 0.29) is 5.91 Å². The van der Waals surface area contributed by atoms with Crippen molar-refractivity contribution in [3.05, 3.63) is 44.9 Å². The summed E-state index contributed by atoms with van der Waals surface area (Å²) >= 11 is 14.4. The van der Waals surface area contributed by atoms with Crippen molar-refractivity contribution in [1.29, 1.82) is 0 Å². The van der Waals surface area contributed by atoms with Gasteiger partial charge in [0.1, 0.15) is 12.4 Å². The molecule has 1 aliphatic rings. The SMILES string of the molecule is O=C(CO)N1CCc2sc3c(Cl)c(Cl)cc(-c4ccco4)c3c2C1. The van der Waals surface area contributed by atoms with Crippen LogP contribution in [-0.2, 0) is 17.8 Å². The molecule has 0 bridgehead atoms. The number of halogens is 2. The number of aliphatic hydroxyl groups excluding tert-OH is 1. The smallest absolute Gasteiger partial charge is 0.248 e. The number of fused-ring (bicyclic) bond motifs is 3. The van der Waals surface area contributed by atoms with Gasteiger partial charge in [-0.2, -0.15) is 0 Å². The van der Waals surface area contributed by atoms with Gasteiger partial charge in [0.25, 0.3) is 0 Å². The van der Waals surface area contributed by atoms with E-state index in [4.69, 9.17) is 32.7 Å². The lowest BCUT2D eigenvalue weighted by Crippen LogP contribution is -2.37. The molecule has 0 aliphatic carbocycles. The highest BCUT2D eigenvalue weighted by molar-refractivity contribution is 7.20. The number of hydrogen-bond acceptors (Lipinski definition) is 4. The number of benzene rings is 1. The molecular weight excluding hydrogens is 369 g/mol. The van der Waals surface area contributed by atoms with E-state index in [0.29, 0.717) is 28.9 Å². The molecule has 0 radical (unpaired) electrons. The Morgan fingerprint density at radius 3 is 2.96 bits per heavy atom. The van der Waals surface area contributed by atoms with Crippen molar-refractivity contribution < 1.29 is 14.3 Å². The average molecular weight is 382 g/mol. The third kappa shape index (κ3) is 2.43. The first-order chi connectivity index (χ1) is 11.6. The number of aliphatic hydroxyl groups is 1. The van der Waals surface area contributed by atoms with Gasteiger partial charge in [-0.05, 0) is 30.2 Å². The predicted molar refractivity (Wildman–Crippen MR) is 95.8 cm³/mol. The normalized spacial score (nSPS) is 14.2.